The van der Waals surface area contributed by atoms with Crippen LogP contribution < -0.4 is 5.32 Å². The Hall–Kier alpha value is -3.03. The fraction of sp³-hybridized carbons (Fsp3) is 0.346. The smallest absolute Gasteiger partial charge is 0.227 e. The van der Waals surface area contributed by atoms with Gasteiger partial charge in [-0.3, -0.25) is 14.5 Å². The number of piperazine rings is 1. The van der Waals surface area contributed by atoms with Crippen LogP contribution in [-0.4, -0.2) is 52.8 Å². The van der Waals surface area contributed by atoms with Crippen LogP contribution in [-0.2, 0) is 22.6 Å². The van der Waals surface area contributed by atoms with Crippen LogP contribution in [0.2, 0.25) is 0 Å². The van der Waals surface area contributed by atoms with Crippen molar-refractivity contribution in [1.82, 2.24) is 14.8 Å². The highest BCUT2D eigenvalue weighted by molar-refractivity contribution is 7.13. The third-order valence-corrected chi connectivity index (χ3v) is 7.44. The van der Waals surface area contributed by atoms with Gasteiger partial charge in [0.2, 0.25) is 11.8 Å². The minimum Gasteiger partial charge on any atom is -0.340 e. The van der Waals surface area contributed by atoms with Gasteiger partial charge in [0.1, 0.15) is 5.01 Å². The number of carbonyl (C=O) groups excluding carboxylic acids is 2. The van der Waals surface area contributed by atoms with Crippen molar-refractivity contribution in [3.63, 3.8) is 0 Å². The summed E-state index contributed by atoms with van der Waals surface area (Å²) < 4.78 is 0. The van der Waals surface area contributed by atoms with Gasteiger partial charge in [0.15, 0.2) is 0 Å². The zero-order valence-electron chi connectivity index (χ0n) is 18.6. The van der Waals surface area contributed by atoms with E-state index >= 15 is 0 Å². The second-order valence-corrected chi connectivity index (χ2v) is 9.61. The number of fused-ring (bicyclic) bond motifs is 1. The van der Waals surface area contributed by atoms with E-state index in [0.717, 1.165) is 60.2 Å². The van der Waals surface area contributed by atoms with Crippen LogP contribution in [0.5, 0.6) is 0 Å². The molecule has 170 valence electrons. The molecule has 1 atom stereocenters. The number of hydrogen-bond acceptors (Lipinski definition) is 5. The van der Waals surface area contributed by atoms with E-state index in [9.17, 15) is 9.59 Å². The van der Waals surface area contributed by atoms with Gasteiger partial charge in [-0.1, -0.05) is 48.5 Å². The fourth-order valence-electron chi connectivity index (χ4n) is 4.58. The molecule has 0 spiro atoms. The van der Waals surface area contributed by atoms with E-state index in [1.165, 1.54) is 0 Å². The molecule has 3 aromatic rings. The van der Waals surface area contributed by atoms with E-state index in [4.69, 9.17) is 4.98 Å². The van der Waals surface area contributed by atoms with Gasteiger partial charge in [0.25, 0.3) is 0 Å². The lowest BCUT2D eigenvalue weighted by Crippen LogP contribution is -2.48. The van der Waals surface area contributed by atoms with Crippen molar-refractivity contribution < 1.29 is 9.59 Å². The van der Waals surface area contributed by atoms with Crippen LogP contribution >= 0.6 is 11.3 Å². The molecule has 33 heavy (non-hydrogen) atoms. The molecule has 2 aliphatic heterocycles. The zero-order valence-corrected chi connectivity index (χ0v) is 19.4. The fourth-order valence-corrected chi connectivity index (χ4v) is 5.40. The van der Waals surface area contributed by atoms with Gasteiger partial charge in [-0.05, 0) is 24.5 Å². The lowest BCUT2D eigenvalue weighted by Gasteiger charge is -2.34. The van der Waals surface area contributed by atoms with Gasteiger partial charge in [-0.15, -0.1) is 11.3 Å². The summed E-state index contributed by atoms with van der Waals surface area (Å²) >= 11 is 1.68. The number of nitrogens with one attached hydrogen (secondary N) is 1. The van der Waals surface area contributed by atoms with E-state index in [0.29, 0.717) is 19.3 Å². The Morgan fingerprint density at radius 2 is 1.79 bits per heavy atom. The van der Waals surface area contributed by atoms with Gasteiger partial charge >= 0.3 is 0 Å². The molecular formula is C26H28N4O2S. The quantitative estimate of drug-likeness (QED) is 0.603. The van der Waals surface area contributed by atoms with Crippen molar-refractivity contribution in [2.24, 2.45) is 5.92 Å². The molecule has 0 aliphatic carbocycles. The predicted octanol–water partition coefficient (Wildman–Crippen LogP) is 4.05. The summed E-state index contributed by atoms with van der Waals surface area (Å²) in [6.07, 6.45) is 1.73. The molecule has 1 fully saturated rings. The van der Waals surface area contributed by atoms with Crippen molar-refractivity contribution in [3.8, 4) is 10.6 Å². The minimum absolute atomic E-state index is 0.0319. The molecule has 1 saturated heterocycles. The zero-order chi connectivity index (χ0) is 22.6. The molecule has 0 saturated carbocycles. The van der Waals surface area contributed by atoms with Crippen LogP contribution in [0.25, 0.3) is 10.6 Å². The molecule has 2 amide bonds. The number of benzene rings is 2. The lowest BCUT2D eigenvalue weighted by atomic mass is 9.89. The van der Waals surface area contributed by atoms with Crippen LogP contribution in [0.1, 0.15) is 24.1 Å². The Labute approximate surface area is 198 Å². The first-order valence-electron chi connectivity index (χ1n) is 11.5. The number of para-hydroxylation sites is 1. The summed E-state index contributed by atoms with van der Waals surface area (Å²) in [6.45, 7) is 3.97. The van der Waals surface area contributed by atoms with Crippen LogP contribution in [0, 0.1) is 5.92 Å². The second-order valence-electron chi connectivity index (χ2n) is 8.75. The van der Waals surface area contributed by atoms with Crippen molar-refractivity contribution in [2.45, 2.75) is 25.8 Å². The molecule has 1 unspecified atom stereocenters. The van der Waals surface area contributed by atoms with E-state index in [1.807, 2.05) is 47.4 Å². The van der Waals surface area contributed by atoms with Gasteiger partial charge in [0.05, 0.1) is 5.69 Å². The first-order valence-corrected chi connectivity index (χ1v) is 12.4. The summed E-state index contributed by atoms with van der Waals surface area (Å²) in [7, 11) is 0. The molecular weight excluding hydrogens is 432 g/mol. The van der Waals surface area contributed by atoms with Crippen molar-refractivity contribution in [1.29, 1.82) is 0 Å². The number of aromatic nitrogens is 1. The summed E-state index contributed by atoms with van der Waals surface area (Å²) in [5.41, 5.74) is 4.29. The lowest BCUT2D eigenvalue weighted by molar-refractivity contribution is -0.133. The number of thiazole rings is 1. The van der Waals surface area contributed by atoms with E-state index in [-0.39, 0.29) is 17.7 Å². The Morgan fingerprint density at radius 1 is 1.03 bits per heavy atom. The number of rotatable bonds is 6. The topological polar surface area (TPSA) is 65.5 Å². The van der Waals surface area contributed by atoms with Gasteiger partial charge in [0, 0.05) is 61.7 Å². The third-order valence-electron chi connectivity index (χ3n) is 6.50. The molecule has 5 rings (SSSR count). The maximum absolute atomic E-state index is 12.8. The summed E-state index contributed by atoms with van der Waals surface area (Å²) in [5, 5.41) is 6.16. The van der Waals surface area contributed by atoms with E-state index in [1.54, 1.807) is 11.3 Å². The number of hydrogen-bond donors (Lipinski definition) is 1. The van der Waals surface area contributed by atoms with E-state index in [2.05, 4.69) is 27.7 Å². The van der Waals surface area contributed by atoms with E-state index < -0.39 is 0 Å². The minimum atomic E-state index is -0.131. The third kappa shape index (κ3) is 5.15. The molecule has 3 heterocycles. The molecule has 1 aromatic heterocycles. The van der Waals surface area contributed by atoms with Crippen LogP contribution in [0.15, 0.2) is 60.0 Å². The number of nitrogens with zero attached hydrogens (tertiary/aromatic N) is 3. The molecule has 2 aromatic carbocycles. The van der Waals surface area contributed by atoms with Crippen molar-refractivity contribution in [2.75, 3.05) is 31.5 Å². The Morgan fingerprint density at radius 3 is 2.61 bits per heavy atom. The average molecular weight is 461 g/mol. The molecule has 0 bridgehead atoms. The molecule has 7 heteroatoms. The first-order chi connectivity index (χ1) is 16.2. The number of anilines is 1. The van der Waals surface area contributed by atoms with Gasteiger partial charge < -0.3 is 10.2 Å². The summed E-state index contributed by atoms with van der Waals surface area (Å²) in [5.74, 6) is 0.0550. The van der Waals surface area contributed by atoms with Crippen LogP contribution in [0.3, 0.4) is 0 Å². The Bertz CT molecular complexity index is 1120. The Kier molecular flexibility index (Phi) is 6.51. The highest BCUT2D eigenvalue weighted by atomic mass is 32.1. The number of carbonyl (C=O) groups is 2. The molecule has 1 N–H and O–H groups in total. The summed E-state index contributed by atoms with van der Waals surface area (Å²) in [6, 6.07) is 18.2. The normalized spacial score (nSPS) is 18.6. The van der Waals surface area contributed by atoms with Crippen molar-refractivity contribution in [3.05, 3.63) is 71.2 Å². The second kappa shape index (κ2) is 9.85. The number of amides is 2. The van der Waals surface area contributed by atoms with Gasteiger partial charge in [-0.2, -0.15) is 0 Å². The first kappa shape index (κ1) is 21.8. The highest BCUT2D eigenvalue weighted by Gasteiger charge is 2.28. The SMILES string of the molecule is O=C1Nc2ccccc2CC1CCC(=O)N1CCN(Cc2csc(-c3ccccc3)n2)CC1. The Balaban J connectivity index is 1.08. The van der Waals surface area contributed by atoms with Crippen molar-refractivity contribution >= 4 is 28.8 Å². The van der Waals surface area contributed by atoms with Crippen LogP contribution in [0.4, 0.5) is 5.69 Å². The molecule has 2 aliphatic rings. The summed E-state index contributed by atoms with van der Waals surface area (Å²) in [4.78, 5) is 34.3. The highest BCUT2D eigenvalue weighted by Crippen LogP contribution is 2.28. The predicted molar refractivity (Wildman–Crippen MR) is 131 cm³/mol. The maximum Gasteiger partial charge on any atom is 0.227 e. The maximum atomic E-state index is 12.8. The van der Waals surface area contributed by atoms with Gasteiger partial charge in [-0.25, -0.2) is 4.98 Å². The standard InChI is InChI=1S/C26H28N4O2S/c31-24(11-10-21-16-20-8-4-5-9-23(20)28-25(21)32)30-14-12-29(13-15-30)17-22-18-33-26(27-22)19-6-2-1-3-7-19/h1-9,18,21H,10-17H2,(H,28,32). The molecule has 0 radical (unpaired) electrons. The monoisotopic (exact) mass is 460 g/mol. The largest absolute Gasteiger partial charge is 0.340 e. The molecule has 6 nitrogen and oxygen atoms in total. The average Bonchev–Trinajstić information content (AvgIpc) is 3.32.